The van der Waals surface area contributed by atoms with Crippen LogP contribution in [0.1, 0.15) is 44.2 Å². The van der Waals surface area contributed by atoms with E-state index in [-0.39, 0.29) is 12.5 Å². The molecule has 1 aliphatic rings. The lowest BCUT2D eigenvalue weighted by molar-refractivity contribution is -0.143. The van der Waals surface area contributed by atoms with Gasteiger partial charge in [-0.15, -0.1) is 0 Å². The van der Waals surface area contributed by atoms with Gasteiger partial charge in [0.1, 0.15) is 6.54 Å². The lowest BCUT2D eigenvalue weighted by atomic mass is 9.98. The van der Waals surface area contributed by atoms with Gasteiger partial charge in [-0.05, 0) is 30.4 Å². The Balaban J connectivity index is 2.15. The highest BCUT2D eigenvalue weighted by Gasteiger charge is 2.44. The predicted molar refractivity (Wildman–Crippen MR) is 93.0 cm³/mol. The number of nitrogens with zero attached hydrogens (tertiary/aromatic N) is 2. The summed E-state index contributed by atoms with van der Waals surface area (Å²) in [5, 5.41) is 2.77. The number of imide groups is 2. The molecule has 25 heavy (non-hydrogen) atoms. The maximum absolute atomic E-state index is 12.4. The number of nitrogens with one attached hydrogen (secondary N) is 1. The predicted octanol–water partition coefficient (Wildman–Crippen LogP) is 2.26. The number of carbonyl (C=O) groups is 4. The van der Waals surface area contributed by atoms with Gasteiger partial charge in [0, 0.05) is 12.2 Å². The topological polar surface area (TPSA) is 86.8 Å². The summed E-state index contributed by atoms with van der Waals surface area (Å²) in [6, 6.07) is 4.97. The third-order valence-corrected chi connectivity index (χ3v) is 4.08. The van der Waals surface area contributed by atoms with E-state index in [9.17, 15) is 19.2 Å². The van der Waals surface area contributed by atoms with Gasteiger partial charge in [-0.2, -0.15) is 0 Å². The largest absolute Gasteiger partial charge is 0.334 e. The van der Waals surface area contributed by atoms with Crippen molar-refractivity contribution in [2.45, 2.75) is 40.0 Å². The molecule has 0 aromatic heterocycles. The second-order valence-electron chi connectivity index (χ2n) is 6.37. The first-order valence-electron chi connectivity index (χ1n) is 8.34. The van der Waals surface area contributed by atoms with Gasteiger partial charge >= 0.3 is 17.8 Å². The van der Waals surface area contributed by atoms with Gasteiger partial charge in [0.25, 0.3) is 0 Å². The van der Waals surface area contributed by atoms with Crippen LogP contribution in [0.3, 0.4) is 0 Å². The zero-order chi connectivity index (χ0) is 18.7. The van der Waals surface area contributed by atoms with Gasteiger partial charge in [-0.3, -0.25) is 19.3 Å². The van der Waals surface area contributed by atoms with Crippen LogP contribution in [0.2, 0.25) is 0 Å². The minimum absolute atomic E-state index is 0.164. The van der Waals surface area contributed by atoms with Crippen molar-refractivity contribution in [1.29, 1.82) is 0 Å². The molecule has 0 atom stereocenters. The van der Waals surface area contributed by atoms with Crippen LogP contribution in [-0.4, -0.2) is 46.6 Å². The lowest BCUT2D eigenvalue weighted by Gasteiger charge is -2.18. The first kappa shape index (κ1) is 18.6. The quantitative estimate of drug-likeness (QED) is 0.633. The van der Waals surface area contributed by atoms with Gasteiger partial charge in [0.15, 0.2) is 0 Å². The van der Waals surface area contributed by atoms with Crippen LogP contribution < -0.4 is 5.32 Å². The molecule has 1 aliphatic heterocycles. The smallest absolute Gasteiger partial charge is 0.324 e. The second kappa shape index (κ2) is 7.46. The average molecular weight is 345 g/mol. The van der Waals surface area contributed by atoms with Crippen LogP contribution in [0.4, 0.5) is 10.5 Å². The van der Waals surface area contributed by atoms with Crippen molar-refractivity contribution in [1.82, 2.24) is 9.80 Å². The molecule has 7 nitrogen and oxygen atoms in total. The van der Waals surface area contributed by atoms with E-state index in [2.05, 4.69) is 5.32 Å². The van der Waals surface area contributed by atoms with E-state index in [1.807, 2.05) is 39.0 Å². The molecule has 1 N–H and O–H groups in total. The highest BCUT2D eigenvalue weighted by Crippen LogP contribution is 2.27. The summed E-state index contributed by atoms with van der Waals surface area (Å²) < 4.78 is 0. The van der Waals surface area contributed by atoms with Crippen molar-refractivity contribution >= 4 is 29.4 Å². The SMILES string of the molecule is CCCN1C(=O)C(=O)N(CC(=O)Nc2c(C)cccc2C(C)C)C1=O. The molecule has 0 spiro atoms. The number of aryl methyl sites for hydroxylation is 1. The molecule has 1 aromatic rings. The van der Waals surface area contributed by atoms with Crippen molar-refractivity contribution in [3.8, 4) is 0 Å². The molecule has 5 amide bonds. The van der Waals surface area contributed by atoms with Crippen LogP contribution in [0, 0.1) is 6.92 Å². The number of para-hydroxylation sites is 1. The van der Waals surface area contributed by atoms with Crippen molar-refractivity contribution in [3.63, 3.8) is 0 Å². The fourth-order valence-electron chi connectivity index (χ4n) is 2.78. The van der Waals surface area contributed by atoms with E-state index in [4.69, 9.17) is 0 Å². The Labute approximate surface area is 147 Å². The molecule has 0 aliphatic carbocycles. The van der Waals surface area contributed by atoms with Gasteiger partial charge in [0.05, 0.1) is 0 Å². The number of hydrogen-bond donors (Lipinski definition) is 1. The Hall–Kier alpha value is -2.70. The first-order chi connectivity index (χ1) is 11.8. The minimum Gasteiger partial charge on any atom is -0.324 e. The van der Waals surface area contributed by atoms with Crippen LogP contribution in [0.5, 0.6) is 0 Å². The van der Waals surface area contributed by atoms with E-state index in [0.29, 0.717) is 17.0 Å². The highest BCUT2D eigenvalue weighted by molar-refractivity contribution is 6.45. The molecule has 0 saturated carbocycles. The van der Waals surface area contributed by atoms with Crippen molar-refractivity contribution in [2.24, 2.45) is 0 Å². The van der Waals surface area contributed by atoms with Gasteiger partial charge in [-0.25, -0.2) is 9.69 Å². The Morgan fingerprint density at radius 2 is 1.76 bits per heavy atom. The van der Waals surface area contributed by atoms with Crippen LogP contribution >= 0.6 is 0 Å². The van der Waals surface area contributed by atoms with Crippen molar-refractivity contribution in [2.75, 3.05) is 18.4 Å². The Kier molecular flexibility index (Phi) is 5.56. The molecule has 0 unspecified atom stereocenters. The third-order valence-electron chi connectivity index (χ3n) is 4.08. The molecule has 7 heteroatoms. The maximum Gasteiger partial charge on any atom is 0.334 e. The summed E-state index contributed by atoms with van der Waals surface area (Å²) in [6.07, 6.45) is 0.547. The molecule has 0 bridgehead atoms. The number of anilines is 1. The van der Waals surface area contributed by atoms with E-state index in [1.54, 1.807) is 6.92 Å². The Bertz CT molecular complexity index is 727. The van der Waals surface area contributed by atoms with E-state index in [0.717, 1.165) is 16.0 Å². The summed E-state index contributed by atoms with van der Waals surface area (Å²) in [6.45, 7) is 7.39. The number of rotatable bonds is 6. The standard InChI is InChI=1S/C18H23N3O4/c1-5-9-20-16(23)17(24)21(18(20)25)10-14(22)19-15-12(4)7-6-8-13(15)11(2)3/h6-8,11H,5,9-10H2,1-4H3,(H,19,22). The first-order valence-corrected chi connectivity index (χ1v) is 8.34. The molecule has 1 fully saturated rings. The Morgan fingerprint density at radius 1 is 1.12 bits per heavy atom. The maximum atomic E-state index is 12.4. The van der Waals surface area contributed by atoms with Crippen LogP contribution in [0.15, 0.2) is 18.2 Å². The minimum atomic E-state index is -0.956. The normalized spacial score (nSPS) is 14.7. The fourth-order valence-corrected chi connectivity index (χ4v) is 2.78. The number of carbonyl (C=O) groups excluding carboxylic acids is 4. The number of benzene rings is 1. The number of urea groups is 1. The molecule has 0 radical (unpaired) electrons. The number of amides is 5. The summed E-state index contributed by atoms with van der Waals surface area (Å²) in [5.41, 5.74) is 2.54. The van der Waals surface area contributed by atoms with Crippen molar-refractivity contribution < 1.29 is 19.2 Å². The lowest BCUT2D eigenvalue weighted by Crippen LogP contribution is -2.39. The monoisotopic (exact) mass is 345 g/mol. The third kappa shape index (κ3) is 3.70. The Morgan fingerprint density at radius 3 is 2.36 bits per heavy atom. The van der Waals surface area contributed by atoms with Gasteiger partial charge in [-0.1, -0.05) is 39.0 Å². The average Bonchev–Trinajstić information content (AvgIpc) is 2.74. The summed E-state index contributed by atoms with van der Waals surface area (Å²) in [5.74, 6) is -2.14. The highest BCUT2D eigenvalue weighted by atomic mass is 16.2. The molecule has 1 heterocycles. The second-order valence-corrected chi connectivity index (χ2v) is 6.37. The molecular weight excluding hydrogens is 322 g/mol. The van der Waals surface area contributed by atoms with Crippen LogP contribution in [-0.2, 0) is 14.4 Å². The number of hydrogen-bond acceptors (Lipinski definition) is 4. The van der Waals surface area contributed by atoms with E-state index in [1.165, 1.54) is 0 Å². The molecule has 2 rings (SSSR count). The summed E-state index contributed by atoms with van der Waals surface area (Å²) >= 11 is 0. The summed E-state index contributed by atoms with van der Waals surface area (Å²) in [7, 11) is 0. The van der Waals surface area contributed by atoms with Gasteiger partial charge < -0.3 is 5.32 Å². The zero-order valence-corrected chi connectivity index (χ0v) is 15.0. The zero-order valence-electron chi connectivity index (χ0n) is 15.0. The van der Waals surface area contributed by atoms with Crippen molar-refractivity contribution in [3.05, 3.63) is 29.3 Å². The van der Waals surface area contributed by atoms with Gasteiger partial charge in [0.2, 0.25) is 5.91 Å². The molecule has 134 valence electrons. The molecule has 1 saturated heterocycles. The molecular formula is C18H23N3O4. The summed E-state index contributed by atoms with van der Waals surface area (Å²) in [4.78, 5) is 49.9. The van der Waals surface area contributed by atoms with E-state index >= 15 is 0 Å². The molecule has 1 aromatic carbocycles. The van der Waals surface area contributed by atoms with Crippen LogP contribution in [0.25, 0.3) is 0 Å². The van der Waals surface area contributed by atoms with E-state index < -0.39 is 30.3 Å². The fraction of sp³-hybridized carbons (Fsp3) is 0.444.